The van der Waals surface area contributed by atoms with Gasteiger partial charge >= 0.3 is 0 Å². The summed E-state index contributed by atoms with van der Waals surface area (Å²) in [7, 11) is 0. The lowest BCUT2D eigenvalue weighted by Gasteiger charge is -2.40. The van der Waals surface area contributed by atoms with Gasteiger partial charge in [-0.2, -0.15) is 0 Å². The normalized spacial score (nSPS) is 36.0. The molecular formula is C25H29ClO6. The molecule has 2 aromatic rings. The van der Waals surface area contributed by atoms with Crippen LogP contribution in [0.2, 0.25) is 5.02 Å². The molecule has 2 saturated carbocycles. The number of ether oxygens (including phenoxy) is 2. The highest BCUT2D eigenvalue weighted by molar-refractivity contribution is 6.31. The van der Waals surface area contributed by atoms with Crippen LogP contribution in [0.25, 0.3) is 0 Å². The molecule has 172 valence electrons. The molecule has 2 unspecified atom stereocenters. The first-order valence-electron chi connectivity index (χ1n) is 11.3. The van der Waals surface area contributed by atoms with Gasteiger partial charge in [-0.25, -0.2) is 0 Å². The summed E-state index contributed by atoms with van der Waals surface area (Å²) in [5.74, 6) is 2.66. The quantitative estimate of drug-likeness (QED) is 0.529. The molecule has 0 aromatic heterocycles. The Hall–Kier alpha value is -1.67. The van der Waals surface area contributed by atoms with E-state index in [1.807, 2.05) is 30.3 Å². The second-order valence-corrected chi connectivity index (χ2v) is 9.80. The fourth-order valence-corrected chi connectivity index (χ4v) is 5.32. The van der Waals surface area contributed by atoms with Gasteiger partial charge in [0.1, 0.15) is 36.3 Å². The predicted octanol–water partition coefficient (Wildman–Crippen LogP) is 2.62. The van der Waals surface area contributed by atoms with Crippen molar-refractivity contribution in [1.82, 2.24) is 0 Å². The molecule has 3 fully saturated rings. The van der Waals surface area contributed by atoms with Crippen molar-refractivity contribution >= 4 is 11.6 Å². The highest BCUT2D eigenvalue weighted by Gasteiger charge is 2.47. The SMILES string of the molecule is OC[C@H]1O[C@H](c2ccc(Cl)c(Cc3ccc(OC4CC5CC5C4)cc3)c2)[C@H](O)[C@@H](O)[C@@H]1O. The van der Waals surface area contributed by atoms with Crippen molar-refractivity contribution in [3.8, 4) is 5.75 Å². The van der Waals surface area contributed by atoms with E-state index in [4.69, 9.17) is 21.1 Å². The highest BCUT2D eigenvalue weighted by atomic mass is 35.5. The predicted molar refractivity (Wildman–Crippen MR) is 119 cm³/mol. The summed E-state index contributed by atoms with van der Waals surface area (Å²) >= 11 is 6.43. The number of fused-ring (bicyclic) bond motifs is 1. The van der Waals surface area contributed by atoms with Gasteiger partial charge in [0.15, 0.2) is 0 Å². The summed E-state index contributed by atoms with van der Waals surface area (Å²) in [6.45, 7) is -0.460. The Morgan fingerprint density at radius 1 is 0.906 bits per heavy atom. The summed E-state index contributed by atoms with van der Waals surface area (Å²) in [6.07, 6.45) is -1.30. The molecule has 32 heavy (non-hydrogen) atoms. The van der Waals surface area contributed by atoms with Crippen molar-refractivity contribution in [2.45, 2.75) is 62.3 Å². The van der Waals surface area contributed by atoms with Crippen molar-refractivity contribution in [3.05, 3.63) is 64.2 Å². The van der Waals surface area contributed by atoms with E-state index in [1.165, 1.54) is 19.3 Å². The highest BCUT2D eigenvalue weighted by Crippen LogP contribution is 2.52. The van der Waals surface area contributed by atoms with Crippen LogP contribution in [0.3, 0.4) is 0 Å². The molecule has 0 spiro atoms. The molecule has 6 nitrogen and oxygen atoms in total. The van der Waals surface area contributed by atoms with Crippen LogP contribution in [-0.4, -0.2) is 57.6 Å². The Balaban J connectivity index is 1.28. The van der Waals surface area contributed by atoms with Crippen LogP contribution in [-0.2, 0) is 11.2 Å². The lowest BCUT2D eigenvalue weighted by atomic mass is 9.90. The average molecular weight is 461 g/mol. The monoisotopic (exact) mass is 460 g/mol. The first-order chi connectivity index (χ1) is 15.4. The van der Waals surface area contributed by atoms with E-state index in [0.717, 1.165) is 28.7 Å². The zero-order chi connectivity index (χ0) is 22.4. The van der Waals surface area contributed by atoms with Gasteiger partial charge in [-0.15, -0.1) is 0 Å². The Morgan fingerprint density at radius 2 is 1.62 bits per heavy atom. The number of halogens is 1. The Labute approximate surface area is 192 Å². The minimum absolute atomic E-state index is 0.342. The van der Waals surface area contributed by atoms with Gasteiger partial charge in [0.2, 0.25) is 0 Å². The number of aliphatic hydroxyl groups excluding tert-OH is 4. The number of hydrogen-bond acceptors (Lipinski definition) is 6. The molecular weight excluding hydrogens is 432 g/mol. The number of rotatable bonds is 6. The molecule has 4 N–H and O–H groups in total. The van der Waals surface area contributed by atoms with Crippen LogP contribution in [0.5, 0.6) is 5.75 Å². The molecule has 2 aromatic carbocycles. The van der Waals surface area contributed by atoms with Gasteiger partial charge in [0.05, 0.1) is 12.7 Å². The van der Waals surface area contributed by atoms with E-state index in [-0.39, 0.29) is 0 Å². The molecule has 2 aliphatic carbocycles. The first kappa shape index (κ1) is 22.1. The van der Waals surface area contributed by atoms with Crippen molar-refractivity contribution in [3.63, 3.8) is 0 Å². The fraction of sp³-hybridized carbons (Fsp3) is 0.520. The number of hydrogen-bond donors (Lipinski definition) is 4. The first-order valence-corrected chi connectivity index (χ1v) is 11.6. The molecule has 1 saturated heterocycles. The zero-order valence-electron chi connectivity index (χ0n) is 17.7. The minimum Gasteiger partial charge on any atom is -0.490 e. The summed E-state index contributed by atoms with van der Waals surface area (Å²) in [4.78, 5) is 0. The summed E-state index contributed by atoms with van der Waals surface area (Å²) < 4.78 is 11.8. The average Bonchev–Trinajstić information content (AvgIpc) is 3.41. The van der Waals surface area contributed by atoms with Gasteiger partial charge in [0.25, 0.3) is 0 Å². The van der Waals surface area contributed by atoms with Gasteiger partial charge in [-0.1, -0.05) is 35.9 Å². The van der Waals surface area contributed by atoms with Crippen LogP contribution >= 0.6 is 11.6 Å². The summed E-state index contributed by atoms with van der Waals surface area (Å²) in [5, 5.41) is 40.6. The molecule has 0 radical (unpaired) electrons. The Morgan fingerprint density at radius 3 is 2.31 bits per heavy atom. The summed E-state index contributed by atoms with van der Waals surface area (Å²) in [5.41, 5.74) is 2.55. The van der Waals surface area contributed by atoms with Gasteiger partial charge in [-0.05, 0) is 72.4 Å². The third-order valence-electron chi connectivity index (χ3n) is 7.11. The maximum Gasteiger partial charge on any atom is 0.119 e. The molecule has 1 aliphatic heterocycles. The van der Waals surface area contributed by atoms with Crippen molar-refractivity contribution in [2.24, 2.45) is 11.8 Å². The standard InChI is InChI=1S/C25H29ClO6/c26-20-6-3-14(25-24(30)23(29)22(28)21(12-27)32-25)8-17(20)7-13-1-4-18(5-2-13)31-19-10-15-9-16(15)11-19/h1-6,8,15-16,19,21-25,27-30H,7,9-12H2/t15?,16?,19?,21-,22-,23+,24-,25-/m1/s1. The van der Waals surface area contributed by atoms with Crippen molar-refractivity contribution in [2.75, 3.05) is 6.61 Å². The van der Waals surface area contributed by atoms with Crippen LogP contribution in [0.4, 0.5) is 0 Å². The van der Waals surface area contributed by atoms with E-state index in [1.54, 1.807) is 12.1 Å². The van der Waals surface area contributed by atoms with E-state index < -0.39 is 37.1 Å². The van der Waals surface area contributed by atoms with E-state index >= 15 is 0 Å². The minimum atomic E-state index is -1.41. The third kappa shape index (κ3) is 4.40. The van der Waals surface area contributed by atoms with Crippen molar-refractivity contribution < 1.29 is 29.9 Å². The molecule has 7 heteroatoms. The lowest BCUT2D eigenvalue weighted by molar-refractivity contribution is -0.231. The maximum atomic E-state index is 10.4. The second kappa shape index (κ2) is 8.93. The van der Waals surface area contributed by atoms with E-state index in [9.17, 15) is 20.4 Å². The Kier molecular flexibility index (Phi) is 6.18. The third-order valence-corrected chi connectivity index (χ3v) is 7.48. The summed E-state index contributed by atoms with van der Waals surface area (Å²) in [6, 6.07) is 13.3. The van der Waals surface area contributed by atoms with Crippen LogP contribution < -0.4 is 4.74 Å². The smallest absolute Gasteiger partial charge is 0.119 e. The lowest BCUT2D eigenvalue weighted by Crippen LogP contribution is -2.55. The number of aliphatic hydroxyl groups is 4. The largest absolute Gasteiger partial charge is 0.490 e. The Bertz CT molecular complexity index is 938. The van der Waals surface area contributed by atoms with Crippen LogP contribution in [0, 0.1) is 11.8 Å². The van der Waals surface area contributed by atoms with E-state index in [0.29, 0.717) is 23.1 Å². The maximum absolute atomic E-state index is 10.4. The van der Waals surface area contributed by atoms with Gasteiger partial charge in [-0.3, -0.25) is 0 Å². The molecule has 0 amide bonds. The topological polar surface area (TPSA) is 99.4 Å². The fourth-order valence-electron chi connectivity index (χ4n) is 5.14. The number of benzene rings is 2. The van der Waals surface area contributed by atoms with E-state index in [2.05, 4.69) is 0 Å². The van der Waals surface area contributed by atoms with Crippen LogP contribution in [0.15, 0.2) is 42.5 Å². The molecule has 7 atom stereocenters. The van der Waals surface area contributed by atoms with Crippen LogP contribution in [0.1, 0.15) is 42.1 Å². The molecule has 3 aliphatic rings. The molecule has 5 rings (SSSR count). The zero-order valence-corrected chi connectivity index (χ0v) is 18.4. The molecule has 0 bridgehead atoms. The van der Waals surface area contributed by atoms with Crippen molar-refractivity contribution in [1.29, 1.82) is 0 Å². The van der Waals surface area contributed by atoms with Gasteiger partial charge < -0.3 is 29.9 Å². The second-order valence-electron chi connectivity index (χ2n) is 9.39. The van der Waals surface area contributed by atoms with Gasteiger partial charge in [0, 0.05) is 5.02 Å². The molecule has 1 heterocycles.